The van der Waals surface area contributed by atoms with Gasteiger partial charge in [0.05, 0.1) is 0 Å². The number of aromatic nitrogens is 5. The molecule has 0 aliphatic rings. The molecule has 2 aromatic heterocycles. The Balaban J connectivity index is 1.91. The summed E-state index contributed by atoms with van der Waals surface area (Å²) in [7, 11) is 0. The highest BCUT2D eigenvalue weighted by Crippen LogP contribution is 2.04. The molecule has 1 atom stereocenters. The maximum atomic E-state index is 5.73. The number of hydrogen-bond donors (Lipinski definition) is 2. The summed E-state index contributed by atoms with van der Waals surface area (Å²) in [6.45, 7) is 4.29. The van der Waals surface area contributed by atoms with Gasteiger partial charge in [0, 0.05) is 30.9 Å². The summed E-state index contributed by atoms with van der Waals surface area (Å²) in [6, 6.07) is 4.11. The number of aryl methyl sites for hydroxylation is 1. The molecular formula is C12H17N7. The van der Waals surface area contributed by atoms with Crippen molar-refractivity contribution in [3.05, 3.63) is 35.4 Å². The van der Waals surface area contributed by atoms with Crippen LogP contribution in [0.5, 0.6) is 0 Å². The molecule has 3 N–H and O–H groups in total. The number of nitrogens with zero attached hydrogens (tertiary/aromatic N) is 5. The number of anilines is 1. The largest absolute Gasteiger partial charge is 0.347 e. The van der Waals surface area contributed by atoms with Crippen LogP contribution in [0.15, 0.2) is 18.3 Å². The second-order valence-corrected chi connectivity index (χ2v) is 4.46. The maximum Gasteiger partial charge on any atom is 0.262 e. The topological polar surface area (TPSA) is 102 Å². The van der Waals surface area contributed by atoms with Crippen LogP contribution in [0.3, 0.4) is 0 Å². The third kappa shape index (κ3) is 4.22. The van der Waals surface area contributed by atoms with Crippen molar-refractivity contribution < 1.29 is 0 Å². The highest BCUT2D eigenvalue weighted by molar-refractivity contribution is 5.24. The number of nitrogens with two attached hydrogens (primary N) is 1. The molecule has 0 bridgehead atoms. The van der Waals surface area contributed by atoms with Crippen molar-refractivity contribution in [1.82, 2.24) is 25.4 Å². The zero-order valence-corrected chi connectivity index (χ0v) is 11.0. The number of pyridine rings is 1. The standard InChI is InChI=1S/C12H17N7/c1-8(13)5-11-4-3-10(6-14-11)7-15-12-18-16-9(2)17-19-12/h3-4,6,8H,5,7,13H2,1-2H3,(H,15,18,19)/t8-/m1/s1. The molecule has 7 nitrogen and oxygen atoms in total. The van der Waals surface area contributed by atoms with Crippen LogP contribution in [0.2, 0.25) is 0 Å². The quantitative estimate of drug-likeness (QED) is 0.804. The molecular weight excluding hydrogens is 242 g/mol. The molecule has 7 heteroatoms. The van der Waals surface area contributed by atoms with Crippen LogP contribution in [0.1, 0.15) is 24.0 Å². The maximum absolute atomic E-state index is 5.73. The van der Waals surface area contributed by atoms with Gasteiger partial charge in [0.15, 0.2) is 5.82 Å². The molecule has 100 valence electrons. The lowest BCUT2D eigenvalue weighted by molar-refractivity contribution is 0.721. The molecule has 0 unspecified atom stereocenters. The Morgan fingerprint density at radius 3 is 2.53 bits per heavy atom. The lowest BCUT2D eigenvalue weighted by Crippen LogP contribution is -2.18. The molecule has 0 fully saturated rings. The molecule has 0 saturated carbocycles. The third-order valence-electron chi connectivity index (χ3n) is 2.45. The van der Waals surface area contributed by atoms with Gasteiger partial charge in [-0.15, -0.1) is 20.4 Å². The molecule has 2 aromatic rings. The second kappa shape index (κ2) is 6.14. The molecule has 0 amide bonds. The smallest absolute Gasteiger partial charge is 0.262 e. The first-order valence-corrected chi connectivity index (χ1v) is 6.11. The van der Waals surface area contributed by atoms with Gasteiger partial charge >= 0.3 is 0 Å². The van der Waals surface area contributed by atoms with Gasteiger partial charge in [0.2, 0.25) is 0 Å². The van der Waals surface area contributed by atoms with Crippen LogP contribution in [-0.2, 0) is 13.0 Å². The Hall–Kier alpha value is -2.15. The summed E-state index contributed by atoms with van der Waals surface area (Å²) in [5.41, 5.74) is 7.76. The SMILES string of the molecule is Cc1nnc(NCc2ccc(C[C@@H](C)N)nc2)nn1. The summed E-state index contributed by atoms with van der Waals surface area (Å²) in [5.74, 6) is 0.956. The van der Waals surface area contributed by atoms with E-state index >= 15 is 0 Å². The average molecular weight is 259 g/mol. The van der Waals surface area contributed by atoms with E-state index < -0.39 is 0 Å². The van der Waals surface area contributed by atoms with Crippen molar-refractivity contribution >= 4 is 5.95 Å². The van der Waals surface area contributed by atoms with Crippen molar-refractivity contribution in [2.45, 2.75) is 32.9 Å². The molecule has 0 radical (unpaired) electrons. The van der Waals surface area contributed by atoms with E-state index in [1.807, 2.05) is 25.3 Å². The van der Waals surface area contributed by atoms with Crippen LogP contribution in [0.25, 0.3) is 0 Å². The molecule has 0 aromatic carbocycles. The highest BCUT2D eigenvalue weighted by atomic mass is 15.3. The molecule has 0 saturated heterocycles. The van der Waals surface area contributed by atoms with Gasteiger partial charge < -0.3 is 11.1 Å². The fourth-order valence-electron chi connectivity index (χ4n) is 1.54. The van der Waals surface area contributed by atoms with Gasteiger partial charge in [0.1, 0.15) is 0 Å². The van der Waals surface area contributed by atoms with E-state index in [0.717, 1.165) is 17.7 Å². The van der Waals surface area contributed by atoms with Gasteiger partial charge in [0.25, 0.3) is 5.95 Å². The summed E-state index contributed by atoms with van der Waals surface area (Å²) in [5, 5.41) is 18.4. The minimum Gasteiger partial charge on any atom is -0.347 e. The van der Waals surface area contributed by atoms with Crippen LogP contribution < -0.4 is 11.1 Å². The number of hydrogen-bond acceptors (Lipinski definition) is 7. The van der Waals surface area contributed by atoms with Crippen LogP contribution in [0.4, 0.5) is 5.95 Å². The fourth-order valence-corrected chi connectivity index (χ4v) is 1.54. The molecule has 0 aliphatic heterocycles. The monoisotopic (exact) mass is 259 g/mol. The van der Waals surface area contributed by atoms with Gasteiger partial charge in [-0.25, -0.2) is 0 Å². The molecule has 0 spiro atoms. The second-order valence-electron chi connectivity index (χ2n) is 4.46. The molecule has 19 heavy (non-hydrogen) atoms. The third-order valence-corrected chi connectivity index (χ3v) is 2.45. The average Bonchev–Trinajstić information content (AvgIpc) is 2.39. The van der Waals surface area contributed by atoms with Crippen LogP contribution in [-0.4, -0.2) is 31.4 Å². The first-order chi connectivity index (χ1) is 9.13. The zero-order chi connectivity index (χ0) is 13.7. The van der Waals surface area contributed by atoms with E-state index in [2.05, 4.69) is 30.7 Å². The fraction of sp³-hybridized carbons (Fsp3) is 0.417. The van der Waals surface area contributed by atoms with Crippen molar-refractivity contribution in [2.75, 3.05) is 5.32 Å². The minimum absolute atomic E-state index is 0.120. The predicted molar refractivity (Wildman–Crippen MR) is 71.3 cm³/mol. The van der Waals surface area contributed by atoms with Gasteiger partial charge in [-0.05, 0) is 25.5 Å². The normalized spacial score (nSPS) is 12.2. The van der Waals surface area contributed by atoms with Gasteiger partial charge in [-0.1, -0.05) is 6.07 Å². The highest BCUT2D eigenvalue weighted by Gasteiger charge is 2.01. The Kier molecular flexibility index (Phi) is 4.30. The first-order valence-electron chi connectivity index (χ1n) is 6.11. The molecule has 2 rings (SSSR count). The zero-order valence-electron chi connectivity index (χ0n) is 11.0. The van der Waals surface area contributed by atoms with Crippen molar-refractivity contribution in [3.8, 4) is 0 Å². The Labute approximate surface area is 111 Å². The number of nitrogens with one attached hydrogen (secondary N) is 1. The first kappa shape index (κ1) is 13.3. The van der Waals surface area contributed by atoms with E-state index in [-0.39, 0.29) is 6.04 Å². The van der Waals surface area contributed by atoms with E-state index in [1.54, 1.807) is 6.92 Å². The van der Waals surface area contributed by atoms with E-state index in [4.69, 9.17) is 5.73 Å². The van der Waals surface area contributed by atoms with E-state index in [9.17, 15) is 0 Å². The van der Waals surface area contributed by atoms with E-state index in [0.29, 0.717) is 18.3 Å². The number of rotatable bonds is 5. The van der Waals surface area contributed by atoms with Gasteiger partial charge in [-0.2, -0.15) is 0 Å². The summed E-state index contributed by atoms with van der Waals surface area (Å²) in [6.07, 6.45) is 2.60. The summed E-state index contributed by atoms with van der Waals surface area (Å²) >= 11 is 0. The summed E-state index contributed by atoms with van der Waals surface area (Å²) in [4.78, 5) is 4.35. The lowest BCUT2D eigenvalue weighted by atomic mass is 10.1. The predicted octanol–water partition coefficient (Wildman–Crippen LogP) is 0.472. The van der Waals surface area contributed by atoms with E-state index in [1.165, 1.54) is 0 Å². The van der Waals surface area contributed by atoms with Gasteiger partial charge in [-0.3, -0.25) is 4.98 Å². The van der Waals surface area contributed by atoms with Crippen molar-refractivity contribution in [1.29, 1.82) is 0 Å². The molecule has 2 heterocycles. The Bertz CT molecular complexity index is 507. The van der Waals surface area contributed by atoms with Crippen molar-refractivity contribution in [3.63, 3.8) is 0 Å². The Morgan fingerprint density at radius 1 is 1.21 bits per heavy atom. The van der Waals surface area contributed by atoms with Crippen LogP contribution in [0, 0.1) is 6.92 Å². The minimum atomic E-state index is 0.120. The van der Waals surface area contributed by atoms with Crippen LogP contribution >= 0.6 is 0 Å². The molecule has 0 aliphatic carbocycles. The lowest BCUT2D eigenvalue weighted by Gasteiger charge is -2.06. The Morgan fingerprint density at radius 2 is 1.95 bits per heavy atom. The summed E-state index contributed by atoms with van der Waals surface area (Å²) < 4.78 is 0. The van der Waals surface area contributed by atoms with Crippen molar-refractivity contribution in [2.24, 2.45) is 5.73 Å².